The number of Topliss-reactive ketones (excluding diaryl/α,β-unsaturated/α-hetero) is 1. The Morgan fingerprint density at radius 3 is 2.63 bits per heavy atom. The number of ketones is 1. The van der Waals surface area contributed by atoms with Gasteiger partial charge in [0.15, 0.2) is 5.78 Å². The first-order valence-corrected chi connectivity index (χ1v) is 7.55. The van der Waals surface area contributed by atoms with E-state index in [0.29, 0.717) is 5.56 Å². The van der Waals surface area contributed by atoms with E-state index in [1.54, 1.807) is 11.8 Å². The quantitative estimate of drug-likeness (QED) is 0.655. The Morgan fingerprint density at radius 2 is 2.05 bits per heavy atom. The minimum Gasteiger partial charge on any atom is -0.368 e. The third kappa shape index (κ3) is 3.36. The van der Waals surface area contributed by atoms with Crippen LogP contribution in [-0.4, -0.2) is 42.0 Å². The summed E-state index contributed by atoms with van der Waals surface area (Å²) in [6, 6.07) is 7.27. The Morgan fingerprint density at radius 1 is 1.37 bits per heavy atom. The smallest absolute Gasteiger partial charge is 0.234 e. The maximum atomic E-state index is 12.2. The molecule has 1 fully saturated rings. The van der Waals surface area contributed by atoms with E-state index in [1.165, 1.54) is 0 Å². The maximum absolute atomic E-state index is 12.2. The number of rotatable bonds is 5. The molecule has 1 unspecified atom stereocenters. The van der Waals surface area contributed by atoms with Gasteiger partial charge in [-0.2, -0.15) is 0 Å². The third-order valence-electron chi connectivity index (χ3n) is 3.45. The topological polar surface area (TPSA) is 63.4 Å². The predicted molar refractivity (Wildman–Crippen MR) is 76.3 cm³/mol. The van der Waals surface area contributed by atoms with Crippen LogP contribution in [0.4, 0.5) is 0 Å². The van der Waals surface area contributed by atoms with Crippen molar-refractivity contribution in [3.05, 3.63) is 29.8 Å². The molecule has 4 nitrogen and oxygen atoms in total. The van der Waals surface area contributed by atoms with E-state index in [9.17, 15) is 9.59 Å². The molecule has 5 heteroatoms. The van der Waals surface area contributed by atoms with Crippen LogP contribution < -0.4 is 5.73 Å². The second-order valence-electron chi connectivity index (χ2n) is 4.68. The van der Waals surface area contributed by atoms with Crippen LogP contribution in [0.5, 0.6) is 0 Å². The number of thioether (sulfide) groups is 1. The molecule has 1 amide bonds. The molecule has 0 aliphatic carbocycles. The van der Waals surface area contributed by atoms with Crippen molar-refractivity contribution in [1.82, 2.24) is 4.90 Å². The first-order chi connectivity index (χ1) is 9.11. The van der Waals surface area contributed by atoms with Crippen molar-refractivity contribution in [2.45, 2.75) is 23.8 Å². The van der Waals surface area contributed by atoms with Crippen molar-refractivity contribution in [2.75, 3.05) is 19.3 Å². The Hall–Kier alpha value is -1.33. The number of carbonyl (C=O) groups excluding carboxylic acids is 2. The first kappa shape index (κ1) is 14.1. The number of primary amides is 1. The zero-order chi connectivity index (χ0) is 13.8. The summed E-state index contributed by atoms with van der Waals surface area (Å²) in [4.78, 5) is 26.5. The molecule has 0 bridgehead atoms. The molecule has 1 atom stereocenters. The molecule has 1 aliphatic heterocycles. The number of hydrogen-bond donors (Lipinski definition) is 1. The van der Waals surface area contributed by atoms with Gasteiger partial charge in [0.1, 0.15) is 0 Å². The SMILES string of the molecule is CSc1ccc(C(=O)CN2CCCC2C(N)=O)cc1. The average Bonchev–Trinajstić information content (AvgIpc) is 2.87. The van der Waals surface area contributed by atoms with E-state index >= 15 is 0 Å². The number of benzene rings is 1. The van der Waals surface area contributed by atoms with Crippen molar-refractivity contribution in [3.8, 4) is 0 Å². The highest BCUT2D eigenvalue weighted by Crippen LogP contribution is 2.19. The second-order valence-corrected chi connectivity index (χ2v) is 5.56. The van der Waals surface area contributed by atoms with Gasteiger partial charge in [0, 0.05) is 10.5 Å². The summed E-state index contributed by atoms with van der Waals surface area (Å²) in [5.41, 5.74) is 6.03. The maximum Gasteiger partial charge on any atom is 0.234 e. The minimum absolute atomic E-state index is 0.0424. The second kappa shape index (κ2) is 6.21. The zero-order valence-corrected chi connectivity index (χ0v) is 11.8. The molecule has 1 aliphatic rings. The van der Waals surface area contributed by atoms with Crippen LogP contribution in [0, 0.1) is 0 Å². The van der Waals surface area contributed by atoms with E-state index in [2.05, 4.69) is 0 Å². The first-order valence-electron chi connectivity index (χ1n) is 6.32. The fraction of sp³-hybridized carbons (Fsp3) is 0.429. The molecule has 102 valence electrons. The van der Waals surface area contributed by atoms with Gasteiger partial charge in [0.2, 0.25) is 5.91 Å². The number of likely N-dealkylation sites (tertiary alicyclic amines) is 1. The molecule has 2 N–H and O–H groups in total. The molecular formula is C14H18N2O2S. The standard InChI is InChI=1S/C14H18N2O2S/c1-19-11-6-4-10(5-7-11)13(17)9-16-8-2-3-12(16)14(15)18/h4-7,12H,2-3,8-9H2,1H3,(H2,15,18). The lowest BCUT2D eigenvalue weighted by Gasteiger charge is -2.20. The molecule has 0 aromatic heterocycles. The molecule has 0 saturated carbocycles. The van der Waals surface area contributed by atoms with Crippen molar-refractivity contribution >= 4 is 23.5 Å². The summed E-state index contributed by atoms with van der Waals surface area (Å²) < 4.78 is 0. The molecule has 2 rings (SSSR count). The highest BCUT2D eigenvalue weighted by atomic mass is 32.2. The third-order valence-corrected chi connectivity index (χ3v) is 4.19. The summed E-state index contributed by atoms with van der Waals surface area (Å²) in [5, 5.41) is 0. The van der Waals surface area contributed by atoms with Crippen LogP contribution in [0.1, 0.15) is 23.2 Å². The van der Waals surface area contributed by atoms with Crippen molar-refractivity contribution < 1.29 is 9.59 Å². The van der Waals surface area contributed by atoms with Crippen LogP contribution in [-0.2, 0) is 4.79 Å². The lowest BCUT2D eigenvalue weighted by atomic mass is 10.1. The summed E-state index contributed by atoms with van der Waals surface area (Å²) in [7, 11) is 0. The zero-order valence-electron chi connectivity index (χ0n) is 11.0. The molecule has 1 aromatic rings. The van der Waals surface area contributed by atoms with Gasteiger partial charge < -0.3 is 5.73 Å². The van der Waals surface area contributed by atoms with Crippen LogP contribution >= 0.6 is 11.8 Å². The highest BCUT2D eigenvalue weighted by Gasteiger charge is 2.30. The predicted octanol–water partition coefficient (Wildman–Crippen LogP) is 1.54. The molecule has 1 saturated heterocycles. The molecule has 1 heterocycles. The molecule has 1 aromatic carbocycles. The largest absolute Gasteiger partial charge is 0.368 e. The summed E-state index contributed by atoms with van der Waals surface area (Å²) >= 11 is 1.64. The fourth-order valence-corrected chi connectivity index (χ4v) is 2.80. The van der Waals surface area contributed by atoms with Gasteiger partial charge in [-0.25, -0.2) is 0 Å². The van der Waals surface area contributed by atoms with E-state index in [1.807, 2.05) is 35.4 Å². The van der Waals surface area contributed by atoms with Gasteiger partial charge in [0.05, 0.1) is 12.6 Å². The van der Waals surface area contributed by atoms with Crippen molar-refractivity contribution in [3.63, 3.8) is 0 Å². The van der Waals surface area contributed by atoms with Gasteiger partial charge in [-0.15, -0.1) is 11.8 Å². The van der Waals surface area contributed by atoms with Crippen LogP contribution in [0.25, 0.3) is 0 Å². The molecule has 0 radical (unpaired) electrons. The average molecular weight is 278 g/mol. The monoisotopic (exact) mass is 278 g/mol. The van der Waals surface area contributed by atoms with Gasteiger partial charge in [-0.05, 0) is 37.8 Å². The highest BCUT2D eigenvalue weighted by molar-refractivity contribution is 7.98. The van der Waals surface area contributed by atoms with E-state index in [0.717, 1.165) is 24.3 Å². The normalized spacial score (nSPS) is 19.5. The van der Waals surface area contributed by atoms with E-state index in [-0.39, 0.29) is 24.3 Å². The minimum atomic E-state index is -0.331. The number of nitrogens with zero attached hydrogens (tertiary/aromatic N) is 1. The van der Waals surface area contributed by atoms with Crippen LogP contribution in [0.15, 0.2) is 29.2 Å². The van der Waals surface area contributed by atoms with Crippen LogP contribution in [0.3, 0.4) is 0 Å². The molecular weight excluding hydrogens is 260 g/mol. The Kier molecular flexibility index (Phi) is 4.61. The number of carbonyl (C=O) groups is 2. The summed E-state index contributed by atoms with van der Waals surface area (Å²) in [6.45, 7) is 1.04. The van der Waals surface area contributed by atoms with Gasteiger partial charge in [-0.1, -0.05) is 12.1 Å². The fourth-order valence-electron chi connectivity index (χ4n) is 2.39. The number of nitrogens with two attached hydrogens (primary N) is 1. The Bertz CT molecular complexity index is 473. The van der Waals surface area contributed by atoms with E-state index < -0.39 is 0 Å². The van der Waals surface area contributed by atoms with Gasteiger partial charge in [0.25, 0.3) is 0 Å². The van der Waals surface area contributed by atoms with Crippen LogP contribution in [0.2, 0.25) is 0 Å². The lowest BCUT2D eigenvalue weighted by molar-refractivity contribution is -0.122. The van der Waals surface area contributed by atoms with Crippen molar-refractivity contribution in [2.24, 2.45) is 5.73 Å². The lowest BCUT2D eigenvalue weighted by Crippen LogP contribution is -2.42. The number of amides is 1. The van der Waals surface area contributed by atoms with Crippen molar-refractivity contribution in [1.29, 1.82) is 0 Å². The molecule has 19 heavy (non-hydrogen) atoms. The summed E-state index contributed by atoms with van der Waals surface area (Å²) in [6.07, 6.45) is 3.68. The van der Waals surface area contributed by atoms with Gasteiger partial charge in [-0.3, -0.25) is 14.5 Å². The Balaban J connectivity index is 2.01. The molecule has 0 spiro atoms. The van der Waals surface area contributed by atoms with Gasteiger partial charge >= 0.3 is 0 Å². The van der Waals surface area contributed by atoms with E-state index in [4.69, 9.17) is 5.73 Å². The summed E-state index contributed by atoms with van der Waals surface area (Å²) in [5.74, 6) is -0.288. The Labute approximate surface area is 117 Å². The number of hydrogen-bond acceptors (Lipinski definition) is 4.